The van der Waals surface area contributed by atoms with E-state index in [0.717, 1.165) is 0 Å². The van der Waals surface area contributed by atoms with E-state index >= 15 is 0 Å². The molecule has 25 heavy (non-hydrogen) atoms. The average molecular weight is 343 g/mol. The van der Waals surface area contributed by atoms with E-state index in [2.05, 4.69) is 4.98 Å². The van der Waals surface area contributed by atoms with Gasteiger partial charge >= 0.3 is 6.18 Å². The fourth-order valence-electron chi connectivity index (χ4n) is 3.05. The number of hydrogen-bond donors (Lipinski definition) is 1. The van der Waals surface area contributed by atoms with E-state index < -0.39 is 17.7 Å². The highest BCUT2D eigenvalue weighted by Gasteiger charge is 2.60. The van der Waals surface area contributed by atoms with Gasteiger partial charge in [0.2, 0.25) is 0 Å². The van der Waals surface area contributed by atoms with Crippen molar-refractivity contribution in [3.63, 3.8) is 0 Å². The number of rotatable bonds is 4. The van der Waals surface area contributed by atoms with Crippen LogP contribution in [0.3, 0.4) is 0 Å². The molecule has 1 heterocycles. The van der Waals surface area contributed by atoms with Gasteiger partial charge in [-0.05, 0) is 22.8 Å². The van der Waals surface area contributed by atoms with Gasteiger partial charge in [0.1, 0.15) is 0 Å². The zero-order chi connectivity index (χ0) is 17.9. The van der Waals surface area contributed by atoms with Crippen molar-refractivity contribution in [2.24, 2.45) is 0 Å². The highest BCUT2D eigenvalue weighted by atomic mass is 19.4. The molecule has 1 aromatic heterocycles. The summed E-state index contributed by atoms with van der Waals surface area (Å²) >= 11 is 0. The fraction of sp³-hybridized carbons (Fsp3) is 0.150. The molecule has 0 spiro atoms. The van der Waals surface area contributed by atoms with Gasteiger partial charge in [0.15, 0.2) is 5.60 Å². The van der Waals surface area contributed by atoms with Crippen molar-refractivity contribution >= 4 is 0 Å². The Kier molecular flexibility index (Phi) is 4.59. The summed E-state index contributed by atoms with van der Waals surface area (Å²) in [5, 5.41) is 11.0. The molecule has 5 heteroatoms. The molecule has 0 fully saturated rings. The van der Waals surface area contributed by atoms with Crippen LogP contribution in [-0.4, -0.2) is 16.3 Å². The molecule has 0 radical (unpaired) electrons. The zero-order valence-electron chi connectivity index (χ0n) is 13.2. The number of pyridine rings is 1. The normalized spacial score (nSPS) is 15.4. The van der Waals surface area contributed by atoms with Gasteiger partial charge in [0.05, 0.1) is 5.92 Å². The van der Waals surface area contributed by atoms with Crippen LogP contribution in [0.25, 0.3) is 0 Å². The van der Waals surface area contributed by atoms with Gasteiger partial charge in [0.25, 0.3) is 0 Å². The van der Waals surface area contributed by atoms with E-state index in [1.807, 2.05) is 0 Å². The van der Waals surface area contributed by atoms with Crippen LogP contribution in [0.2, 0.25) is 0 Å². The SMILES string of the molecule is O[C@@](c1ccccc1)([C@H](c1ccccc1)c1cccnc1)C(F)(F)F. The molecular weight excluding hydrogens is 327 g/mol. The average Bonchev–Trinajstić information content (AvgIpc) is 2.63. The van der Waals surface area contributed by atoms with Crippen LogP contribution in [0.5, 0.6) is 0 Å². The van der Waals surface area contributed by atoms with Crippen molar-refractivity contribution in [3.8, 4) is 0 Å². The topological polar surface area (TPSA) is 33.1 Å². The van der Waals surface area contributed by atoms with E-state index in [1.165, 1.54) is 36.7 Å². The van der Waals surface area contributed by atoms with E-state index in [1.54, 1.807) is 48.5 Å². The zero-order valence-corrected chi connectivity index (χ0v) is 13.2. The van der Waals surface area contributed by atoms with Gasteiger partial charge < -0.3 is 5.11 Å². The Labute approximate surface area is 143 Å². The summed E-state index contributed by atoms with van der Waals surface area (Å²) in [6.45, 7) is 0. The maximum Gasteiger partial charge on any atom is 0.422 e. The van der Waals surface area contributed by atoms with Crippen molar-refractivity contribution in [3.05, 3.63) is 102 Å². The Morgan fingerprint density at radius 1 is 0.760 bits per heavy atom. The Morgan fingerprint density at radius 3 is 1.84 bits per heavy atom. The molecule has 3 rings (SSSR count). The van der Waals surface area contributed by atoms with Crippen LogP contribution >= 0.6 is 0 Å². The molecule has 2 atom stereocenters. The van der Waals surface area contributed by atoms with Crippen LogP contribution in [0.15, 0.2) is 85.2 Å². The third kappa shape index (κ3) is 3.15. The minimum Gasteiger partial charge on any atom is -0.376 e. The van der Waals surface area contributed by atoms with Gasteiger partial charge in [-0.15, -0.1) is 0 Å². The highest BCUT2D eigenvalue weighted by molar-refractivity contribution is 5.40. The summed E-state index contributed by atoms with van der Waals surface area (Å²) in [5.41, 5.74) is -2.64. The molecule has 0 aliphatic heterocycles. The highest BCUT2D eigenvalue weighted by Crippen LogP contribution is 2.51. The number of hydrogen-bond acceptors (Lipinski definition) is 2. The van der Waals surface area contributed by atoms with Crippen LogP contribution in [0.4, 0.5) is 13.2 Å². The van der Waals surface area contributed by atoms with Crippen molar-refractivity contribution < 1.29 is 18.3 Å². The third-order valence-corrected chi connectivity index (χ3v) is 4.21. The maximum absolute atomic E-state index is 14.1. The first-order chi connectivity index (χ1) is 11.9. The molecule has 2 aromatic carbocycles. The Hall–Kier alpha value is -2.66. The molecule has 2 nitrogen and oxygen atoms in total. The molecule has 0 saturated carbocycles. The molecule has 0 aliphatic carbocycles. The lowest BCUT2D eigenvalue weighted by atomic mass is 9.73. The summed E-state index contributed by atoms with van der Waals surface area (Å²) in [7, 11) is 0. The van der Waals surface area contributed by atoms with Gasteiger partial charge in [-0.2, -0.15) is 13.2 Å². The Bertz CT molecular complexity index is 767. The Balaban J connectivity index is 2.29. The van der Waals surface area contributed by atoms with E-state index in [0.29, 0.717) is 5.56 Å². The monoisotopic (exact) mass is 343 g/mol. The maximum atomic E-state index is 14.1. The molecular formula is C20H16F3NO. The lowest BCUT2D eigenvalue weighted by Crippen LogP contribution is -2.47. The molecule has 0 unspecified atom stereocenters. The summed E-state index contributed by atoms with van der Waals surface area (Å²) < 4.78 is 42.4. The predicted molar refractivity (Wildman–Crippen MR) is 88.9 cm³/mol. The fourth-order valence-corrected chi connectivity index (χ4v) is 3.05. The smallest absolute Gasteiger partial charge is 0.376 e. The van der Waals surface area contributed by atoms with Crippen molar-refractivity contribution in [1.29, 1.82) is 0 Å². The first kappa shape index (κ1) is 17.2. The van der Waals surface area contributed by atoms with Crippen LogP contribution in [0.1, 0.15) is 22.6 Å². The number of benzene rings is 2. The number of aliphatic hydroxyl groups is 1. The summed E-state index contributed by atoms with van der Waals surface area (Å²) in [4.78, 5) is 3.94. The second-order valence-corrected chi connectivity index (χ2v) is 5.76. The van der Waals surface area contributed by atoms with Crippen molar-refractivity contribution in [2.45, 2.75) is 17.7 Å². The molecule has 0 bridgehead atoms. The lowest BCUT2D eigenvalue weighted by molar-refractivity contribution is -0.272. The first-order valence-corrected chi connectivity index (χ1v) is 7.74. The quantitative estimate of drug-likeness (QED) is 0.747. The third-order valence-electron chi connectivity index (χ3n) is 4.21. The molecule has 0 saturated heterocycles. The van der Waals surface area contributed by atoms with Crippen LogP contribution in [0, 0.1) is 0 Å². The van der Waals surface area contributed by atoms with Gasteiger partial charge in [-0.1, -0.05) is 66.7 Å². The number of halogens is 3. The van der Waals surface area contributed by atoms with Crippen LogP contribution in [-0.2, 0) is 5.60 Å². The van der Waals surface area contributed by atoms with Gasteiger partial charge in [-0.25, -0.2) is 0 Å². The van der Waals surface area contributed by atoms with Crippen LogP contribution < -0.4 is 0 Å². The molecule has 3 aromatic rings. The van der Waals surface area contributed by atoms with E-state index in [9.17, 15) is 18.3 Å². The molecule has 0 aliphatic rings. The summed E-state index contributed by atoms with van der Waals surface area (Å²) in [6, 6.07) is 18.5. The van der Waals surface area contributed by atoms with Crippen molar-refractivity contribution in [1.82, 2.24) is 4.98 Å². The molecule has 1 N–H and O–H groups in total. The molecule has 128 valence electrons. The van der Waals surface area contributed by atoms with Gasteiger partial charge in [-0.3, -0.25) is 4.98 Å². The standard InChI is InChI=1S/C20H16F3NO/c21-20(22,23)19(25,17-11-5-2-6-12-17)18(15-8-3-1-4-9-15)16-10-7-13-24-14-16/h1-14,18,25H/t18-,19+/m1/s1. The number of alkyl halides is 3. The second kappa shape index (κ2) is 6.69. The van der Waals surface area contributed by atoms with E-state index in [4.69, 9.17) is 0 Å². The van der Waals surface area contributed by atoms with E-state index in [-0.39, 0.29) is 11.1 Å². The molecule has 0 amide bonds. The van der Waals surface area contributed by atoms with Crippen molar-refractivity contribution in [2.75, 3.05) is 0 Å². The first-order valence-electron chi connectivity index (χ1n) is 7.74. The largest absolute Gasteiger partial charge is 0.422 e. The van der Waals surface area contributed by atoms with Gasteiger partial charge in [0, 0.05) is 12.4 Å². The number of nitrogens with zero attached hydrogens (tertiary/aromatic N) is 1. The predicted octanol–water partition coefficient (Wildman–Crippen LogP) is 4.66. The minimum atomic E-state index is -4.88. The summed E-state index contributed by atoms with van der Waals surface area (Å²) in [5.74, 6) is -1.34. The lowest BCUT2D eigenvalue weighted by Gasteiger charge is -2.38. The number of aromatic nitrogens is 1. The Morgan fingerprint density at radius 2 is 1.32 bits per heavy atom. The minimum absolute atomic E-state index is 0.208. The summed E-state index contributed by atoms with van der Waals surface area (Å²) in [6.07, 6.45) is -2.04. The second-order valence-electron chi connectivity index (χ2n) is 5.76.